The summed E-state index contributed by atoms with van der Waals surface area (Å²) < 4.78 is 0. The Kier molecular flexibility index (Phi) is 6.94. The average Bonchev–Trinajstić information content (AvgIpc) is 3.11. The van der Waals surface area contributed by atoms with Crippen LogP contribution in [0.2, 0.25) is 0 Å². The van der Waals surface area contributed by atoms with Crippen LogP contribution in [-0.4, -0.2) is 60.9 Å². The smallest absolute Gasteiger partial charge is 0.187 e. The van der Waals surface area contributed by atoms with Crippen LogP contribution < -0.4 is 5.32 Å². The van der Waals surface area contributed by atoms with E-state index in [0.29, 0.717) is 11.8 Å². The van der Waals surface area contributed by atoms with Gasteiger partial charge in [0, 0.05) is 55.7 Å². The Bertz CT molecular complexity index is 762. The highest BCUT2D eigenvalue weighted by molar-refractivity contribution is 7.99. The van der Waals surface area contributed by atoms with Crippen molar-refractivity contribution in [1.82, 2.24) is 24.8 Å². The Morgan fingerprint density at radius 1 is 1.10 bits per heavy atom. The summed E-state index contributed by atoms with van der Waals surface area (Å²) in [5.74, 6) is 2.96. The number of thioether (sulfide) groups is 1. The van der Waals surface area contributed by atoms with Crippen LogP contribution in [0.4, 0.5) is 5.82 Å². The van der Waals surface area contributed by atoms with Crippen molar-refractivity contribution in [1.29, 1.82) is 0 Å². The van der Waals surface area contributed by atoms with Gasteiger partial charge in [-0.05, 0) is 31.1 Å². The van der Waals surface area contributed by atoms with Crippen LogP contribution in [0, 0.1) is 11.8 Å². The summed E-state index contributed by atoms with van der Waals surface area (Å²) in [5, 5.41) is 14.9. The number of unbranched alkanes of at least 4 members (excludes halogenated alkanes) is 1. The van der Waals surface area contributed by atoms with E-state index in [-0.39, 0.29) is 12.1 Å². The molecule has 0 bridgehead atoms. The molecule has 156 valence electrons. The molecule has 4 rings (SSSR count). The van der Waals surface area contributed by atoms with Crippen molar-refractivity contribution in [3.8, 4) is 0 Å². The Hall–Kier alpha value is -1.77. The number of anilines is 1. The van der Waals surface area contributed by atoms with Gasteiger partial charge in [0.05, 0.1) is 18.3 Å². The van der Waals surface area contributed by atoms with Gasteiger partial charge in [-0.1, -0.05) is 25.1 Å². The van der Waals surface area contributed by atoms with E-state index in [1.165, 1.54) is 18.4 Å². The zero-order valence-corrected chi connectivity index (χ0v) is 17.8. The lowest BCUT2D eigenvalue weighted by molar-refractivity contribution is 0.0735. The molecule has 1 saturated carbocycles. The van der Waals surface area contributed by atoms with E-state index < -0.39 is 0 Å². The first-order valence-corrected chi connectivity index (χ1v) is 11.6. The van der Waals surface area contributed by atoms with Crippen molar-refractivity contribution >= 4 is 17.6 Å². The van der Waals surface area contributed by atoms with Gasteiger partial charge in [-0.25, -0.2) is 15.0 Å². The third-order valence-electron chi connectivity index (χ3n) is 5.93. The Balaban J connectivity index is 1.29. The molecule has 3 heterocycles. The summed E-state index contributed by atoms with van der Waals surface area (Å²) >= 11 is 1.73. The number of likely N-dealkylation sites (tertiary alicyclic amines) is 1. The highest BCUT2D eigenvalue weighted by Gasteiger charge is 2.41. The summed E-state index contributed by atoms with van der Waals surface area (Å²) in [4.78, 5) is 19.9. The molecule has 2 fully saturated rings. The second kappa shape index (κ2) is 9.82. The van der Waals surface area contributed by atoms with Crippen LogP contribution in [0.5, 0.6) is 0 Å². The third kappa shape index (κ3) is 5.43. The van der Waals surface area contributed by atoms with Gasteiger partial charge in [0.1, 0.15) is 5.82 Å². The Labute approximate surface area is 176 Å². The molecule has 1 aliphatic heterocycles. The molecule has 29 heavy (non-hydrogen) atoms. The minimum absolute atomic E-state index is 0.0377. The quantitative estimate of drug-likeness (QED) is 0.387. The second-order valence-corrected chi connectivity index (χ2v) is 9.23. The van der Waals surface area contributed by atoms with Crippen LogP contribution in [0.3, 0.4) is 0 Å². The average molecular weight is 415 g/mol. The number of aromatic nitrogens is 4. The Morgan fingerprint density at radius 3 is 2.62 bits per heavy atom. The lowest BCUT2D eigenvalue weighted by atomic mass is 9.77. The summed E-state index contributed by atoms with van der Waals surface area (Å²) in [6.45, 7) is 5.17. The number of fused-ring (bicyclic) bond motifs is 1. The molecule has 8 heteroatoms. The maximum Gasteiger partial charge on any atom is 0.187 e. The number of aliphatic hydroxyl groups is 1. The molecule has 1 saturated heterocycles. The minimum Gasteiger partial charge on any atom is -0.391 e. The third-order valence-corrected chi connectivity index (χ3v) is 6.89. The van der Waals surface area contributed by atoms with E-state index >= 15 is 0 Å². The van der Waals surface area contributed by atoms with Crippen molar-refractivity contribution < 1.29 is 5.11 Å². The molecule has 2 aliphatic rings. The van der Waals surface area contributed by atoms with Crippen molar-refractivity contribution in [2.45, 2.75) is 56.5 Å². The predicted molar refractivity (Wildman–Crippen MR) is 115 cm³/mol. The molecule has 2 N–H and O–H groups in total. The lowest BCUT2D eigenvalue weighted by Crippen LogP contribution is -2.43. The van der Waals surface area contributed by atoms with Crippen molar-refractivity contribution in [2.24, 2.45) is 11.8 Å². The SMILES string of the molecule is CCCCSc1ncc(CN2C[C@H]3C[C@@H](Nc4cnccn4)[C@H](O)C[C@H]3C2)cn1. The molecule has 0 spiro atoms. The number of rotatable bonds is 8. The molecular weight excluding hydrogens is 384 g/mol. The number of nitrogens with zero attached hydrogens (tertiary/aromatic N) is 5. The second-order valence-electron chi connectivity index (χ2n) is 8.17. The summed E-state index contributed by atoms with van der Waals surface area (Å²) in [7, 11) is 0. The fourth-order valence-corrected chi connectivity index (χ4v) is 5.31. The van der Waals surface area contributed by atoms with Crippen LogP contribution in [0.15, 0.2) is 36.1 Å². The van der Waals surface area contributed by atoms with E-state index in [2.05, 4.69) is 37.1 Å². The van der Waals surface area contributed by atoms with E-state index in [4.69, 9.17) is 0 Å². The molecule has 2 aromatic heterocycles. The fourth-order valence-electron chi connectivity index (χ4n) is 4.44. The van der Waals surface area contributed by atoms with Crippen LogP contribution in [-0.2, 0) is 6.54 Å². The fraction of sp³-hybridized carbons (Fsp3) is 0.619. The highest BCUT2D eigenvalue weighted by Crippen LogP contribution is 2.37. The van der Waals surface area contributed by atoms with Crippen LogP contribution in [0.25, 0.3) is 0 Å². The van der Waals surface area contributed by atoms with Crippen molar-refractivity contribution in [3.05, 3.63) is 36.5 Å². The lowest BCUT2D eigenvalue weighted by Gasteiger charge is -2.35. The number of aliphatic hydroxyl groups excluding tert-OH is 1. The molecule has 2 aromatic rings. The van der Waals surface area contributed by atoms with Gasteiger partial charge in [-0.15, -0.1) is 0 Å². The standard InChI is InChI=1S/C21H30N6OS/c1-2-3-6-29-21-24-9-15(10-25-21)12-27-13-16-7-18(19(28)8-17(16)14-27)26-20-11-22-4-5-23-20/h4-5,9-11,16-19,28H,2-3,6-8,12-14H2,1H3,(H,23,26)/t16-,17+,18-,19-/m1/s1. The van der Waals surface area contributed by atoms with Gasteiger partial charge >= 0.3 is 0 Å². The first kappa shape index (κ1) is 20.5. The summed E-state index contributed by atoms with van der Waals surface area (Å²) in [5.41, 5.74) is 1.17. The monoisotopic (exact) mass is 414 g/mol. The summed E-state index contributed by atoms with van der Waals surface area (Å²) in [6, 6.07) is 0.0377. The maximum absolute atomic E-state index is 10.6. The Morgan fingerprint density at radius 2 is 1.90 bits per heavy atom. The minimum atomic E-state index is -0.346. The number of hydrogen-bond donors (Lipinski definition) is 2. The topological polar surface area (TPSA) is 87.1 Å². The zero-order valence-electron chi connectivity index (χ0n) is 16.9. The highest BCUT2D eigenvalue weighted by atomic mass is 32.2. The van der Waals surface area contributed by atoms with Crippen LogP contribution in [0.1, 0.15) is 38.2 Å². The van der Waals surface area contributed by atoms with Gasteiger partial charge in [0.25, 0.3) is 0 Å². The van der Waals surface area contributed by atoms with E-state index in [9.17, 15) is 5.11 Å². The molecule has 4 atom stereocenters. The van der Waals surface area contributed by atoms with Gasteiger partial charge in [-0.2, -0.15) is 0 Å². The maximum atomic E-state index is 10.6. The first-order chi connectivity index (χ1) is 14.2. The molecule has 0 radical (unpaired) electrons. The zero-order chi connectivity index (χ0) is 20.1. The molecule has 1 aliphatic carbocycles. The van der Waals surface area contributed by atoms with Crippen molar-refractivity contribution in [3.63, 3.8) is 0 Å². The summed E-state index contributed by atoms with van der Waals surface area (Å²) in [6.07, 6.45) is 12.8. The van der Waals surface area contributed by atoms with E-state index in [1.807, 2.05) is 12.4 Å². The van der Waals surface area contributed by atoms with Gasteiger partial charge in [0.2, 0.25) is 0 Å². The molecule has 0 unspecified atom stereocenters. The first-order valence-electron chi connectivity index (χ1n) is 10.6. The van der Waals surface area contributed by atoms with E-state index in [1.54, 1.807) is 30.4 Å². The molecule has 7 nitrogen and oxygen atoms in total. The van der Waals surface area contributed by atoms with E-state index in [0.717, 1.165) is 49.2 Å². The van der Waals surface area contributed by atoms with Gasteiger partial charge in [-0.3, -0.25) is 9.88 Å². The van der Waals surface area contributed by atoms with Gasteiger partial charge in [0.15, 0.2) is 5.16 Å². The molecular formula is C21H30N6OS. The van der Waals surface area contributed by atoms with Crippen molar-refractivity contribution in [2.75, 3.05) is 24.2 Å². The van der Waals surface area contributed by atoms with Gasteiger partial charge < -0.3 is 10.4 Å². The largest absolute Gasteiger partial charge is 0.391 e. The molecule has 0 amide bonds. The number of hydrogen-bond acceptors (Lipinski definition) is 8. The predicted octanol–water partition coefficient (Wildman–Crippen LogP) is 2.84. The van der Waals surface area contributed by atoms with Crippen LogP contribution >= 0.6 is 11.8 Å². The normalized spacial score (nSPS) is 27.0. The molecule has 0 aromatic carbocycles. The number of nitrogens with one attached hydrogen (secondary N) is 1.